The number of nitrogens with zero attached hydrogens (tertiary/aromatic N) is 3. The topological polar surface area (TPSA) is 128 Å². The fourth-order valence-corrected chi connectivity index (χ4v) is 2.38. The average molecular weight is 282 g/mol. The zero-order valence-corrected chi connectivity index (χ0v) is 11.6. The molecule has 2 atom stereocenters. The molecule has 1 aliphatic rings. The van der Waals surface area contributed by atoms with Gasteiger partial charge in [-0.25, -0.2) is 10.8 Å². The second kappa shape index (κ2) is 5.17. The van der Waals surface area contributed by atoms with Crippen molar-refractivity contribution in [2.75, 3.05) is 17.9 Å². The Balaban J connectivity index is 2.23. The third-order valence-corrected chi connectivity index (χ3v) is 3.87. The first-order valence-corrected chi connectivity index (χ1v) is 6.17. The van der Waals surface area contributed by atoms with Crippen LogP contribution in [0.3, 0.4) is 0 Å². The molecule has 2 rings (SSSR count). The van der Waals surface area contributed by atoms with Crippen LogP contribution in [-0.4, -0.2) is 34.1 Å². The van der Waals surface area contributed by atoms with Crippen LogP contribution in [0, 0.1) is 15.5 Å². The zero-order valence-electron chi connectivity index (χ0n) is 11.6. The molecule has 0 saturated heterocycles. The predicted octanol–water partition coefficient (Wildman–Crippen LogP) is 0.896. The molecule has 1 fully saturated rings. The van der Waals surface area contributed by atoms with Gasteiger partial charge in [-0.1, -0.05) is 13.8 Å². The molecule has 0 spiro atoms. The van der Waals surface area contributed by atoms with Crippen molar-refractivity contribution in [1.82, 2.24) is 9.97 Å². The molecule has 9 nitrogen and oxygen atoms in total. The lowest BCUT2D eigenvalue weighted by Crippen LogP contribution is -2.57. The Labute approximate surface area is 116 Å². The maximum absolute atomic E-state index is 11.0. The molecule has 1 heterocycles. The summed E-state index contributed by atoms with van der Waals surface area (Å²) in [5, 5.41) is 14.1. The minimum absolute atomic E-state index is 0.0340. The smallest absolute Gasteiger partial charge is 0.329 e. The van der Waals surface area contributed by atoms with Gasteiger partial charge < -0.3 is 10.1 Å². The van der Waals surface area contributed by atoms with Gasteiger partial charge in [0.1, 0.15) is 6.20 Å². The third kappa shape index (κ3) is 2.37. The monoisotopic (exact) mass is 282 g/mol. The lowest BCUT2D eigenvalue weighted by atomic mass is 9.64. The molecule has 110 valence electrons. The standard InChI is InChI=1S/C11H18N6O3/c1-11(2)7(4-8(11)20-3)14-9-6(17(18)19)5-13-10(15-9)16-12/h5,7-8H,4,12H2,1-3H3,(H2,13,14,15,16). The third-order valence-electron chi connectivity index (χ3n) is 3.87. The molecule has 0 bridgehead atoms. The number of hydrazine groups is 1. The van der Waals surface area contributed by atoms with Crippen molar-refractivity contribution in [3.05, 3.63) is 16.3 Å². The van der Waals surface area contributed by atoms with E-state index in [1.807, 2.05) is 13.8 Å². The van der Waals surface area contributed by atoms with Gasteiger partial charge in [0.05, 0.1) is 11.0 Å². The second-order valence-corrected chi connectivity index (χ2v) is 5.31. The normalized spacial score (nSPS) is 23.8. The minimum atomic E-state index is -0.526. The number of anilines is 2. The Morgan fingerprint density at radius 3 is 2.80 bits per heavy atom. The highest BCUT2D eigenvalue weighted by Crippen LogP contribution is 2.44. The van der Waals surface area contributed by atoms with E-state index in [1.165, 1.54) is 0 Å². The zero-order chi connectivity index (χ0) is 14.9. The van der Waals surface area contributed by atoms with Crippen molar-refractivity contribution >= 4 is 17.5 Å². The molecule has 0 radical (unpaired) electrons. The quantitative estimate of drug-likeness (QED) is 0.412. The van der Waals surface area contributed by atoms with Gasteiger partial charge in [0.25, 0.3) is 0 Å². The SMILES string of the molecule is COC1CC(Nc2nc(NN)ncc2[N+](=O)[O-])C1(C)C. The van der Waals surface area contributed by atoms with Crippen LogP contribution in [0.5, 0.6) is 0 Å². The predicted molar refractivity (Wildman–Crippen MR) is 73.1 cm³/mol. The number of ether oxygens (including phenoxy) is 1. The van der Waals surface area contributed by atoms with E-state index in [4.69, 9.17) is 10.6 Å². The number of nitro groups is 1. The lowest BCUT2D eigenvalue weighted by molar-refractivity contribution is -0.384. The van der Waals surface area contributed by atoms with Gasteiger partial charge in [-0.15, -0.1) is 0 Å². The molecule has 4 N–H and O–H groups in total. The van der Waals surface area contributed by atoms with Gasteiger partial charge in [-0.2, -0.15) is 4.98 Å². The molecule has 0 aromatic carbocycles. The molecule has 1 aromatic heterocycles. The Hall–Kier alpha value is -2.00. The van der Waals surface area contributed by atoms with Crippen LogP contribution in [0.15, 0.2) is 6.20 Å². The van der Waals surface area contributed by atoms with E-state index in [9.17, 15) is 10.1 Å². The number of hydrogen-bond acceptors (Lipinski definition) is 8. The summed E-state index contributed by atoms with van der Waals surface area (Å²) in [6.07, 6.45) is 2.01. The average Bonchev–Trinajstić information content (AvgIpc) is 2.42. The molecular formula is C11H18N6O3. The molecule has 1 aliphatic carbocycles. The van der Waals surface area contributed by atoms with Crippen molar-refractivity contribution in [2.45, 2.75) is 32.4 Å². The van der Waals surface area contributed by atoms with Crippen LogP contribution in [0.25, 0.3) is 0 Å². The van der Waals surface area contributed by atoms with E-state index in [1.54, 1.807) is 7.11 Å². The summed E-state index contributed by atoms with van der Waals surface area (Å²) in [5.41, 5.74) is 1.96. The number of methoxy groups -OCH3 is 1. The van der Waals surface area contributed by atoms with Crippen LogP contribution in [0.2, 0.25) is 0 Å². The first-order valence-electron chi connectivity index (χ1n) is 6.17. The van der Waals surface area contributed by atoms with Gasteiger partial charge >= 0.3 is 5.69 Å². The number of nitrogen functional groups attached to an aromatic ring is 1. The van der Waals surface area contributed by atoms with E-state index in [0.717, 1.165) is 12.6 Å². The fraction of sp³-hybridized carbons (Fsp3) is 0.636. The highest BCUT2D eigenvalue weighted by molar-refractivity contribution is 5.58. The van der Waals surface area contributed by atoms with E-state index in [-0.39, 0.29) is 35.0 Å². The lowest BCUT2D eigenvalue weighted by Gasteiger charge is -2.51. The number of nitrogens with two attached hydrogens (primary N) is 1. The summed E-state index contributed by atoms with van der Waals surface area (Å²) in [6.45, 7) is 4.08. The van der Waals surface area contributed by atoms with Gasteiger partial charge in [-0.3, -0.25) is 15.5 Å². The maximum atomic E-state index is 11.0. The summed E-state index contributed by atoms with van der Waals surface area (Å²) in [6, 6.07) is 0.0340. The molecule has 0 aliphatic heterocycles. The second-order valence-electron chi connectivity index (χ2n) is 5.31. The van der Waals surface area contributed by atoms with E-state index >= 15 is 0 Å². The number of aromatic nitrogens is 2. The van der Waals surface area contributed by atoms with Gasteiger partial charge in [0.2, 0.25) is 11.8 Å². The first kappa shape index (κ1) is 14.4. The Morgan fingerprint density at radius 1 is 1.60 bits per heavy atom. The molecule has 1 aromatic rings. The van der Waals surface area contributed by atoms with Crippen LogP contribution >= 0.6 is 0 Å². The van der Waals surface area contributed by atoms with E-state index in [0.29, 0.717) is 0 Å². The summed E-state index contributed by atoms with van der Waals surface area (Å²) in [5.74, 6) is 5.51. The number of rotatable bonds is 5. The van der Waals surface area contributed by atoms with Crippen molar-refractivity contribution in [2.24, 2.45) is 11.3 Å². The van der Waals surface area contributed by atoms with Crippen molar-refractivity contribution in [3.8, 4) is 0 Å². The van der Waals surface area contributed by atoms with Gasteiger partial charge in [0, 0.05) is 18.6 Å². The summed E-state index contributed by atoms with van der Waals surface area (Å²) in [7, 11) is 1.66. The van der Waals surface area contributed by atoms with Crippen LogP contribution in [0.1, 0.15) is 20.3 Å². The number of hydrogen-bond donors (Lipinski definition) is 3. The number of nitrogens with one attached hydrogen (secondary N) is 2. The van der Waals surface area contributed by atoms with E-state index < -0.39 is 4.92 Å². The Morgan fingerprint density at radius 2 is 2.30 bits per heavy atom. The Kier molecular flexibility index (Phi) is 3.73. The largest absolute Gasteiger partial charge is 0.381 e. The summed E-state index contributed by atoms with van der Waals surface area (Å²) >= 11 is 0. The van der Waals surface area contributed by atoms with Gasteiger partial charge in [-0.05, 0) is 6.42 Å². The van der Waals surface area contributed by atoms with Gasteiger partial charge in [0.15, 0.2) is 0 Å². The first-order chi connectivity index (χ1) is 9.40. The minimum Gasteiger partial charge on any atom is -0.381 e. The molecule has 2 unspecified atom stereocenters. The molecular weight excluding hydrogens is 264 g/mol. The van der Waals surface area contributed by atoms with Crippen molar-refractivity contribution in [3.63, 3.8) is 0 Å². The van der Waals surface area contributed by atoms with Crippen LogP contribution < -0.4 is 16.6 Å². The van der Waals surface area contributed by atoms with Crippen molar-refractivity contribution < 1.29 is 9.66 Å². The molecule has 0 amide bonds. The summed E-state index contributed by atoms with van der Waals surface area (Å²) < 4.78 is 5.35. The highest BCUT2D eigenvalue weighted by atomic mass is 16.6. The van der Waals surface area contributed by atoms with Crippen LogP contribution in [-0.2, 0) is 4.74 Å². The molecule has 20 heavy (non-hydrogen) atoms. The molecule has 9 heteroatoms. The van der Waals surface area contributed by atoms with Crippen molar-refractivity contribution in [1.29, 1.82) is 0 Å². The maximum Gasteiger partial charge on any atom is 0.329 e. The van der Waals surface area contributed by atoms with E-state index in [2.05, 4.69) is 20.7 Å². The van der Waals surface area contributed by atoms with Crippen LogP contribution in [0.4, 0.5) is 17.5 Å². The fourth-order valence-electron chi connectivity index (χ4n) is 2.38. The summed E-state index contributed by atoms with van der Waals surface area (Å²) in [4.78, 5) is 18.2. The highest BCUT2D eigenvalue weighted by Gasteiger charge is 2.49. The molecule has 1 saturated carbocycles. The Bertz CT molecular complexity index is 521.